The van der Waals surface area contributed by atoms with Crippen LogP contribution in [0.25, 0.3) is 102 Å². The van der Waals surface area contributed by atoms with Crippen molar-refractivity contribution in [3.8, 4) is 33.6 Å². The van der Waals surface area contributed by atoms with Crippen LogP contribution in [0.15, 0.2) is 231 Å². The molecule has 0 saturated heterocycles. The normalized spacial score (nSPS) is 12.9. The van der Waals surface area contributed by atoms with Crippen molar-refractivity contribution in [2.75, 3.05) is 0 Å². The molecule has 0 saturated carbocycles. The molecule has 0 aliphatic heterocycles. The van der Waals surface area contributed by atoms with Crippen LogP contribution < -0.4 is 0 Å². The van der Waals surface area contributed by atoms with Crippen molar-refractivity contribution in [1.29, 1.82) is 0 Å². The summed E-state index contributed by atoms with van der Waals surface area (Å²) in [5.74, 6) is 0. The summed E-state index contributed by atoms with van der Waals surface area (Å²) in [5, 5.41) is 4.30. The standard InChI is InChI=1S/C65H42N4/c1-3-9-43(10-4-1)15-17-45-19-35-55-56-36-20-46(18-16-44-11-5-2-6-12-44)42-58(56)65(57(55)41-45,53-31-25-47(26-32-53)59-37-29-51-23-21-49-13-7-39-66-61(49)63(51)68-59)54-33-27-48(28-34-54)60-38-30-52-24-22-50-14-8-40-67-62(50)64(52)69-60/h1-42H/b17-15-,18-16-. The molecular weight excluding hydrogens is 837 g/mol. The summed E-state index contributed by atoms with van der Waals surface area (Å²) in [5.41, 5.74) is 18.7. The van der Waals surface area contributed by atoms with Gasteiger partial charge < -0.3 is 0 Å². The Labute approximate surface area is 400 Å². The van der Waals surface area contributed by atoms with Gasteiger partial charge in [-0.05, 0) is 92.0 Å². The predicted octanol–water partition coefficient (Wildman–Crippen LogP) is 15.9. The van der Waals surface area contributed by atoms with Gasteiger partial charge >= 0.3 is 0 Å². The van der Waals surface area contributed by atoms with Gasteiger partial charge in [0.25, 0.3) is 0 Å². The largest absolute Gasteiger partial charge is 0.254 e. The van der Waals surface area contributed by atoms with Crippen LogP contribution in [0.3, 0.4) is 0 Å². The van der Waals surface area contributed by atoms with Gasteiger partial charge in [0.1, 0.15) is 0 Å². The van der Waals surface area contributed by atoms with Gasteiger partial charge in [-0.3, -0.25) is 9.97 Å². The fraction of sp³-hybridized carbons (Fsp3) is 0.0154. The van der Waals surface area contributed by atoms with Crippen LogP contribution in [0, 0.1) is 0 Å². The van der Waals surface area contributed by atoms with E-state index in [1.54, 1.807) is 0 Å². The fourth-order valence-corrected chi connectivity index (χ4v) is 10.4. The van der Waals surface area contributed by atoms with E-state index >= 15 is 0 Å². The topological polar surface area (TPSA) is 51.6 Å². The van der Waals surface area contributed by atoms with Gasteiger partial charge in [0, 0.05) is 45.1 Å². The Morgan fingerprint density at radius 1 is 0.304 bits per heavy atom. The molecule has 4 aromatic heterocycles. The first-order valence-corrected chi connectivity index (χ1v) is 23.4. The van der Waals surface area contributed by atoms with Crippen molar-refractivity contribution >= 4 is 67.9 Å². The van der Waals surface area contributed by atoms with Gasteiger partial charge in [-0.1, -0.05) is 206 Å². The lowest BCUT2D eigenvalue weighted by molar-refractivity contribution is 0.768. The number of rotatable bonds is 8. The molecule has 4 nitrogen and oxygen atoms in total. The van der Waals surface area contributed by atoms with Gasteiger partial charge in [0.15, 0.2) is 0 Å². The second-order valence-electron chi connectivity index (χ2n) is 17.8. The van der Waals surface area contributed by atoms with E-state index in [1.165, 1.54) is 33.4 Å². The van der Waals surface area contributed by atoms with E-state index in [4.69, 9.17) is 19.9 Å². The summed E-state index contributed by atoms with van der Waals surface area (Å²) < 4.78 is 0. The molecule has 4 heterocycles. The van der Waals surface area contributed by atoms with Crippen molar-refractivity contribution in [3.63, 3.8) is 0 Å². The molecule has 0 spiro atoms. The zero-order chi connectivity index (χ0) is 45.7. The molecule has 0 unspecified atom stereocenters. The summed E-state index contributed by atoms with van der Waals surface area (Å²) in [4.78, 5) is 20.0. The maximum Gasteiger partial charge on any atom is 0.0972 e. The summed E-state index contributed by atoms with van der Waals surface area (Å²) in [6.45, 7) is 0. The molecular formula is C65H42N4. The third kappa shape index (κ3) is 7.01. The van der Waals surface area contributed by atoms with Gasteiger partial charge in [0.05, 0.1) is 38.9 Å². The first-order chi connectivity index (χ1) is 34.2. The number of nitrogens with zero attached hydrogens (tertiary/aromatic N) is 4. The molecule has 69 heavy (non-hydrogen) atoms. The van der Waals surface area contributed by atoms with E-state index in [0.29, 0.717) is 0 Å². The highest BCUT2D eigenvalue weighted by atomic mass is 14.8. The number of aromatic nitrogens is 4. The van der Waals surface area contributed by atoms with E-state index in [0.717, 1.165) is 88.4 Å². The van der Waals surface area contributed by atoms with Crippen molar-refractivity contribution in [2.24, 2.45) is 0 Å². The number of hydrogen-bond donors (Lipinski definition) is 0. The Hall–Kier alpha value is -9.12. The molecule has 13 rings (SSSR count). The van der Waals surface area contributed by atoms with Gasteiger partial charge in [-0.15, -0.1) is 0 Å². The second-order valence-corrected chi connectivity index (χ2v) is 17.8. The Balaban J connectivity index is 1.01. The van der Waals surface area contributed by atoms with Crippen LogP contribution in [0.1, 0.15) is 44.5 Å². The Kier molecular flexibility index (Phi) is 9.69. The number of fused-ring (bicyclic) bond motifs is 9. The number of pyridine rings is 4. The van der Waals surface area contributed by atoms with Crippen molar-refractivity contribution in [2.45, 2.75) is 5.41 Å². The summed E-state index contributed by atoms with van der Waals surface area (Å²) >= 11 is 0. The number of benzene rings is 8. The SMILES string of the molecule is C(=C/c1ccc2c(c1)C(c1ccc(-c3ccc4ccc5cccnc5c4n3)cc1)(c1ccc(-c3ccc4ccc5cccnc5c4n3)cc1)c1cc(/C=C\c3ccccc3)ccc1-2)/c1ccccc1. The maximum atomic E-state index is 5.25. The quantitative estimate of drug-likeness (QED) is 0.113. The molecule has 8 aromatic carbocycles. The van der Waals surface area contributed by atoms with E-state index in [9.17, 15) is 0 Å². The molecule has 0 amide bonds. The van der Waals surface area contributed by atoms with Gasteiger partial charge in [-0.25, -0.2) is 9.97 Å². The lowest BCUT2D eigenvalue weighted by Crippen LogP contribution is -2.28. The van der Waals surface area contributed by atoms with Crippen molar-refractivity contribution < 1.29 is 0 Å². The van der Waals surface area contributed by atoms with E-state index in [2.05, 4.69) is 231 Å². The molecule has 0 atom stereocenters. The molecule has 4 heteroatoms. The lowest BCUT2D eigenvalue weighted by Gasteiger charge is -2.34. The van der Waals surface area contributed by atoms with Crippen molar-refractivity contribution in [1.82, 2.24) is 19.9 Å². The summed E-state index contributed by atoms with van der Waals surface area (Å²) in [6, 6.07) is 78.4. The van der Waals surface area contributed by atoms with E-state index in [1.807, 2.05) is 24.5 Å². The van der Waals surface area contributed by atoms with Crippen LogP contribution in [0.4, 0.5) is 0 Å². The highest BCUT2D eigenvalue weighted by Crippen LogP contribution is 2.57. The van der Waals surface area contributed by atoms with Crippen LogP contribution in [-0.2, 0) is 5.41 Å². The van der Waals surface area contributed by atoms with E-state index in [-0.39, 0.29) is 0 Å². The zero-order valence-electron chi connectivity index (χ0n) is 37.5. The van der Waals surface area contributed by atoms with Crippen molar-refractivity contribution in [3.05, 3.63) is 275 Å². The lowest BCUT2D eigenvalue weighted by atomic mass is 9.67. The minimum atomic E-state index is -0.692. The number of hydrogen-bond acceptors (Lipinski definition) is 4. The Bertz CT molecular complexity index is 3720. The molecule has 12 aromatic rings. The molecule has 0 bridgehead atoms. The zero-order valence-corrected chi connectivity index (χ0v) is 37.5. The monoisotopic (exact) mass is 878 g/mol. The van der Waals surface area contributed by atoms with Crippen LogP contribution in [-0.4, -0.2) is 19.9 Å². The highest BCUT2D eigenvalue weighted by molar-refractivity contribution is 6.04. The summed E-state index contributed by atoms with van der Waals surface area (Å²) in [7, 11) is 0. The minimum absolute atomic E-state index is 0.692. The molecule has 1 aliphatic rings. The average Bonchev–Trinajstić information content (AvgIpc) is 3.71. The minimum Gasteiger partial charge on any atom is -0.254 e. The molecule has 0 fully saturated rings. The van der Waals surface area contributed by atoms with Gasteiger partial charge in [0.2, 0.25) is 0 Å². The first kappa shape index (κ1) is 40.2. The molecule has 0 radical (unpaired) electrons. The smallest absolute Gasteiger partial charge is 0.0972 e. The molecule has 1 aliphatic carbocycles. The second kappa shape index (κ2) is 16.6. The Morgan fingerprint density at radius 3 is 1.13 bits per heavy atom. The molecule has 0 N–H and O–H groups in total. The third-order valence-corrected chi connectivity index (χ3v) is 13.8. The maximum absolute atomic E-state index is 5.25. The third-order valence-electron chi connectivity index (χ3n) is 13.8. The van der Waals surface area contributed by atoms with Crippen LogP contribution in [0.2, 0.25) is 0 Å². The average molecular weight is 879 g/mol. The fourth-order valence-electron chi connectivity index (χ4n) is 10.4. The summed E-state index contributed by atoms with van der Waals surface area (Å²) in [6.07, 6.45) is 12.6. The van der Waals surface area contributed by atoms with Gasteiger partial charge in [-0.2, -0.15) is 0 Å². The Morgan fingerprint density at radius 2 is 0.696 bits per heavy atom. The predicted molar refractivity (Wildman–Crippen MR) is 287 cm³/mol. The first-order valence-electron chi connectivity index (χ1n) is 23.4. The van der Waals surface area contributed by atoms with Crippen LogP contribution >= 0.6 is 0 Å². The molecule has 322 valence electrons. The highest BCUT2D eigenvalue weighted by Gasteiger charge is 2.46. The van der Waals surface area contributed by atoms with E-state index < -0.39 is 5.41 Å². The van der Waals surface area contributed by atoms with Crippen LogP contribution in [0.5, 0.6) is 0 Å².